The zero-order valence-electron chi connectivity index (χ0n) is 10.3. The molecule has 0 atom stereocenters. The third kappa shape index (κ3) is 5.45. The molecule has 0 saturated carbocycles. The Kier molecular flexibility index (Phi) is 5.63. The first-order valence-corrected chi connectivity index (χ1v) is 5.61. The van der Waals surface area contributed by atoms with E-state index in [0.717, 1.165) is 18.5 Å². The molecule has 0 fully saturated rings. The lowest BCUT2D eigenvalue weighted by molar-refractivity contribution is -0.140. The van der Waals surface area contributed by atoms with Gasteiger partial charge in [-0.1, -0.05) is 12.1 Å². The van der Waals surface area contributed by atoms with Crippen molar-refractivity contribution < 1.29 is 13.9 Å². The van der Waals surface area contributed by atoms with Crippen LogP contribution in [0.1, 0.15) is 12.0 Å². The van der Waals surface area contributed by atoms with Crippen molar-refractivity contribution in [2.75, 3.05) is 27.2 Å². The molecule has 0 aromatic heterocycles. The average Bonchev–Trinajstić information content (AvgIpc) is 2.35. The number of esters is 1. The van der Waals surface area contributed by atoms with Gasteiger partial charge in [-0.15, -0.1) is 0 Å². The summed E-state index contributed by atoms with van der Waals surface area (Å²) < 4.78 is 17.2. The zero-order chi connectivity index (χ0) is 12.7. The van der Waals surface area contributed by atoms with E-state index >= 15 is 0 Å². The number of carbonyl (C=O) groups excluding carboxylic acids is 1. The minimum absolute atomic E-state index is 0.196. The third-order valence-corrected chi connectivity index (χ3v) is 2.62. The summed E-state index contributed by atoms with van der Waals surface area (Å²) in [6.07, 6.45) is 1.24. The summed E-state index contributed by atoms with van der Waals surface area (Å²) in [5, 5.41) is 0. The second kappa shape index (κ2) is 7.01. The Bertz CT molecular complexity index is 351. The first kappa shape index (κ1) is 13.6. The molecule has 0 saturated heterocycles. The molecule has 0 spiro atoms. The van der Waals surface area contributed by atoms with Gasteiger partial charge in [-0.05, 0) is 31.2 Å². The number of rotatable bonds is 6. The van der Waals surface area contributed by atoms with Crippen molar-refractivity contribution >= 4 is 5.97 Å². The van der Waals surface area contributed by atoms with Gasteiger partial charge in [0.15, 0.2) is 0 Å². The number of benzene rings is 1. The molecule has 3 nitrogen and oxygen atoms in total. The number of hydrogen-bond acceptors (Lipinski definition) is 3. The quantitative estimate of drug-likeness (QED) is 0.710. The van der Waals surface area contributed by atoms with Gasteiger partial charge in [0.05, 0.1) is 13.5 Å². The standard InChI is InChI=1S/C13H18FNO2/c1-15(10-8-13(16)17-2)9-7-11-3-5-12(14)6-4-11/h3-6H,7-10H2,1-2H3. The molecule has 0 amide bonds. The Morgan fingerprint density at radius 2 is 1.94 bits per heavy atom. The molecular weight excluding hydrogens is 221 g/mol. The fraction of sp³-hybridized carbons (Fsp3) is 0.462. The van der Waals surface area contributed by atoms with Crippen LogP contribution in [-0.4, -0.2) is 38.1 Å². The molecule has 94 valence electrons. The second-order valence-electron chi connectivity index (χ2n) is 4.01. The molecule has 17 heavy (non-hydrogen) atoms. The van der Waals surface area contributed by atoms with Crippen LogP contribution in [0.15, 0.2) is 24.3 Å². The highest BCUT2D eigenvalue weighted by molar-refractivity contribution is 5.69. The number of carbonyl (C=O) groups is 1. The molecule has 0 aliphatic carbocycles. The van der Waals surface area contributed by atoms with Gasteiger partial charge in [0.25, 0.3) is 0 Å². The van der Waals surface area contributed by atoms with Crippen molar-refractivity contribution in [2.45, 2.75) is 12.8 Å². The maximum atomic E-state index is 12.7. The topological polar surface area (TPSA) is 29.5 Å². The number of methoxy groups -OCH3 is 1. The summed E-state index contributed by atoms with van der Waals surface area (Å²) in [7, 11) is 3.34. The summed E-state index contributed by atoms with van der Waals surface area (Å²) in [6.45, 7) is 1.51. The van der Waals surface area contributed by atoms with Crippen LogP contribution in [0.4, 0.5) is 4.39 Å². The van der Waals surface area contributed by atoms with Crippen molar-refractivity contribution in [3.63, 3.8) is 0 Å². The predicted octanol–water partition coefficient (Wildman–Crippen LogP) is 1.86. The molecule has 0 N–H and O–H groups in total. The van der Waals surface area contributed by atoms with Crippen LogP contribution in [0.25, 0.3) is 0 Å². The van der Waals surface area contributed by atoms with Crippen LogP contribution >= 0.6 is 0 Å². The Balaban J connectivity index is 2.25. The summed E-state index contributed by atoms with van der Waals surface area (Å²) in [5.41, 5.74) is 1.09. The summed E-state index contributed by atoms with van der Waals surface area (Å²) in [4.78, 5) is 13.0. The molecular formula is C13H18FNO2. The molecule has 0 aliphatic heterocycles. The van der Waals surface area contributed by atoms with E-state index in [1.54, 1.807) is 12.1 Å². The summed E-state index contributed by atoms with van der Waals surface area (Å²) >= 11 is 0. The van der Waals surface area contributed by atoms with Crippen LogP contribution in [0.3, 0.4) is 0 Å². The molecule has 0 radical (unpaired) electrons. The first-order valence-electron chi connectivity index (χ1n) is 5.61. The Morgan fingerprint density at radius 1 is 1.29 bits per heavy atom. The van der Waals surface area contributed by atoms with Gasteiger partial charge in [0.2, 0.25) is 0 Å². The zero-order valence-corrected chi connectivity index (χ0v) is 10.3. The van der Waals surface area contributed by atoms with Gasteiger partial charge in [-0.2, -0.15) is 0 Å². The van der Waals surface area contributed by atoms with E-state index in [1.807, 2.05) is 7.05 Å². The van der Waals surface area contributed by atoms with E-state index in [0.29, 0.717) is 13.0 Å². The molecule has 4 heteroatoms. The van der Waals surface area contributed by atoms with Crippen LogP contribution in [0, 0.1) is 5.82 Å². The van der Waals surface area contributed by atoms with Crippen LogP contribution in [0.2, 0.25) is 0 Å². The molecule has 0 heterocycles. The highest BCUT2D eigenvalue weighted by Crippen LogP contribution is 2.04. The predicted molar refractivity (Wildman–Crippen MR) is 64.2 cm³/mol. The van der Waals surface area contributed by atoms with Gasteiger partial charge < -0.3 is 9.64 Å². The minimum Gasteiger partial charge on any atom is -0.469 e. The Morgan fingerprint density at radius 3 is 2.53 bits per heavy atom. The van der Waals surface area contributed by atoms with Crippen molar-refractivity contribution in [1.29, 1.82) is 0 Å². The van der Waals surface area contributed by atoms with E-state index in [-0.39, 0.29) is 11.8 Å². The number of nitrogens with zero attached hydrogens (tertiary/aromatic N) is 1. The third-order valence-electron chi connectivity index (χ3n) is 2.62. The van der Waals surface area contributed by atoms with Crippen LogP contribution < -0.4 is 0 Å². The van der Waals surface area contributed by atoms with Gasteiger partial charge in [-0.3, -0.25) is 4.79 Å². The minimum atomic E-state index is -0.215. The summed E-state index contributed by atoms with van der Waals surface area (Å²) in [5.74, 6) is -0.411. The average molecular weight is 239 g/mol. The van der Waals surface area contributed by atoms with Crippen molar-refractivity contribution in [1.82, 2.24) is 4.90 Å². The van der Waals surface area contributed by atoms with Gasteiger partial charge in [0.1, 0.15) is 5.82 Å². The SMILES string of the molecule is COC(=O)CCN(C)CCc1ccc(F)cc1. The maximum Gasteiger partial charge on any atom is 0.306 e. The fourth-order valence-corrected chi connectivity index (χ4v) is 1.47. The van der Waals surface area contributed by atoms with E-state index in [9.17, 15) is 9.18 Å². The van der Waals surface area contributed by atoms with Crippen molar-refractivity contribution in [3.05, 3.63) is 35.6 Å². The number of ether oxygens (including phenoxy) is 1. The fourth-order valence-electron chi connectivity index (χ4n) is 1.47. The maximum absolute atomic E-state index is 12.7. The van der Waals surface area contributed by atoms with Crippen molar-refractivity contribution in [3.8, 4) is 0 Å². The van der Waals surface area contributed by atoms with Crippen LogP contribution in [-0.2, 0) is 16.0 Å². The van der Waals surface area contributed by atoms with Gasteiger partial charge in [0, 0.05) is 13.1 Å². The van der Waals surface area contributed by atoms with E-state index in [2.05, 4.69) is 9.64 Å². The lowest BCUT2D eigenvalue weighted by Gasteiger charge is -2.15. The second-order valence-corrected chi connectivity index (χ2v) is 4.01. The smallest absolute Gasteiger partial charge is 0.306 e. The molecule has 0 unspecified atom stereocenters. The lowest BCUT2D eigenvalue weighted by Crippen LogP contribution is -2.24. The summed E-state index contributed by atoms with van der Waals surface area (Å²) in [6, 6.07) is 6.49. The molecule has 1 rings (SSSR count). The first-order chi connectivity index (χ1) is 8.11. The largest absolute Gasteiger partial charge is 0.469 e. The van der Waals surface area contributed by atoms with Gasteiger partial charge >= 0.3 is 5.97 Å². The van der Waals surface area contributed by atoms with E-state index in [4.69, 9.17) is 0 Å². The van der Waals surface area contributed by atoms with Gasteiger partial charge in [-0.25, -0.2) is 4.39 Å². The van der Waals surface area contributed by atoms with E-state index < -0.39 is 0 Å². The van der Waals surface area contributed by atoms with E-state index in [1.165, 1.54) is 19.2 Å². The van der Waals surface area contributed by atoms with Crippen LogP contribution in [0.5, 0.6) is 0 Å². The molecule has 0 aliphatic rings. The molecule has 1 aromatic carbocycles. The Hall–Kier alpha value is -1.42. The number of likely N-dealkylation sites (N-methyl/N-ethyl adjacent to an activating group) is 1. The molecule has 0 bridgehead atoms. The number of halogens is 1. The Labute approximate surface area is 101 Å². The number of hydrogen-bond donors (Lipinski definition) is 0. The van der Waals surface area contributed by atoms with Crippen molar-refractivity contribution in [2.24, 2.45) is 0 Å². The highest BCUT2D eigenvalue weighted by atomic mass is 19.1. The lowest BCUT2D eigenvalue weighted by atomic mass is 10.1. The molecule has 1 aromatic rings. The highest BCUT2D eigenvalue weighted by Gasteiger charge is 2.04. The monoisotopic (exact) mass is 239 g/mol. The normalized spacial score (nSPS) is 10.6.